The number of nitrogens with zero attached hydrogens (tertiary/aromatic N) is 2. The molecular weight excluding hydrogens is 588 g/mol. The highest BCUT2D eigenvalue weighted by atomic mass is 32.2. The quantitative estimate of drug-likeness (QED) is 0.239. The Morgan fingerprint density at radius 2 is 1.77 bits per heavy atom. The predicted octanol–water partition coefficient (Wildman–Crippen LogP) is 6.73. The summed E-state index contributed by atoms with van der Waals surface area (Å²) in [6, 6.07) is 13.9. The monoisotopic (exact) mass is 628 g/mol. The SMILES string of the molecule is CC(C)OC(=O)N[C@H]1CC[C@H](c2ncc(-c3ccc(N(Cc4ccccc4)C(=O)O)cc3S(=O)(=O)NC(C)(C)C)s2)CC1. The molecule has 0 radical (unpaired) electrons. The molecule has 3 aromatic rings. The van der Waals surface area contributed by atoms with Crippen LogP contribution >= 0.6 is 11.3 Å². The van der Waals surface area contributed by atoms with Crippen molar-refractivity contribution >= 4 is 39.2 Å². The standard InChI is InChI=1S/C31H40N4O6S2/c1-20(2)41-29(36)33-23-13-11-22(12-14-23)28-32-18-26(42-28)25-16-15-24(17-27(25)43(39,40)34-31(3,4)5)35(30(37)38)19-21-9-7-6-8-10-21/h6-10,15-18,20,22-23,34H,11-14,19H2,1-5H3,(H,33,36)(H,37,38)/t22-,23-. The molecule has 2 amide bonds. The molecule has 0 unspecified atom stereocenters. The van der Waals surface area contributed by atoms with E-state index in [-0.39, 0.29) is 35.2 Å². The number of carboxylic acid groups (broad SMARTS) is 1. The third-order valence-corrected chi connectivity index (χ3v) is 9.94. The Labute approximate surface area is 257 Å². The third kappa shape index (κ3) is 8.77. The highest BCUT2D eigenvalue weighted by Crippen LogP contribution is 2.40. The maximum absolute atomic E-state index is 13.7. The molecule has 2 aromatic carbocycles. The first kappa shape index (κ1) is 32.4. The summed E-state index contributed by atoms with van der Waals surface area (Å²) < 4.78 is 35.3. The van der Waals surface area contributed by atoms with Crippen molar-refractivity contribution in [2.75, 3.05) is 4.90 Å². The lowest BCUT2D eigenvalue weighted by molar-refractivity contribution is 0.109. The number of benzene rings is 2. The molecule has 0 bridgehead atoms. The van der Waals surface area contributed by atoms with Crippen molar-refractivity contribution in [3.05, 3.63) is 65.3 Å². The highest BCUT2D eigenvalue weighted by molar-refractivity contribution is 7.89. The summed E-state index contributed by atoms with van der Waals surface area (Å²) in [5, 5.41) is 13.9. The normalized spacial score (nSPS) is 17.4. The lowest BCUT2D eigenvalue weighted by Gasteiger charge is -2.28. The number of hydrogen-bond acceptors (Lipinski definition) is 7. The molecule has 0 spiro atoms. The molecule has 1 aliphatic rings. The van der Waals surface area contributed by atoms with Crippen molar-refractivity contribution in [1.29, 1.82) is 0 Å². The number of carbonyl (C=O) groups is 2. The maximum atomic E-state index is 13.7. The summed E-state index contributed by atoms with van der Waals surface area (Å²) in [4.78, 5) is 30.8. The van der Waals surface area contributed by atoms with Gasteiger partial charge in [0.05, 0.1) is 27.4 Å². The van der Waals surface area contributed by atoms with Crippen LogP contribution in [0.15, 0.2) is 59.6 Å². The number of alkyl carbamates (subject to hydrolysis) is 1. The average Bonchev–Trinajstić information content (AvgIpc) is 3.41. The summed E-state index contributed by atoms with van der Waals surface area (Å²) in [6.07, 6.45) is 3.18. The van der Waals surface area contributed by atoms with Gasteiger partial charge in [-0.15, -0.1) is 11.3 Å². The number of aromatic nitrogens is 1. The van der Waals surface area contributed by atoms with Gasteiger partial charge >= 0.3 is 12.2 Å². The minimum absolute atomic E-state index is 0.00832. The summed E-state index contributed by atoms with van der Waals surface area (Å²) >= 11 is 1.44. The molecule has 3 N–H and O–H groups in total. The summed E-state index contributed by atoms with van der Waals surface area (Å²) in [5.41, 5.74) is 0.734. The van der Waals surface area contributed by atoms with Crippen LogP contribution < -0.4 is 14.9 Å². The van der Waals surface area contributed by atoms with Crippen LogP contribution in [0.1, 0.15) is 76.8 Å². The van der Waals surface area contributed by atoms with Gasteiger partial charge in [-0.1, -0.05) is 36.4 Å². The Kier molecular flexibility index (Phi) is 10.1. The number of rotatable bonds is 9. The van der Waals surface area contributed by atoms with E-state index in [0.29, 0.717) is 10.4 Å². The van der Waals surface area contributed by atoms with Crippen LogP contribution in [0.25, 0.3) is 10.4 Å². The van der Waals surface area contributed by atoms with Crippen LogP contribution in [-0.4, -0.2) is 48.4 Å². The summed E-state index contributed by atoms with van der Waals surface area (Å²) in [5.74, 6) is 0.193. The molecule has 4 rings (SSSR count). The number of amides is 2. The topological polar surface area (TPSA) is 138 Å². The van der Waals surface area contributed by atoms with Crippen molar-refractivity contribution in [2.24, 2.45) is 0 Å². The number of hydrogen-bond donors (Lipinski definition) is 3. The van der Waals surface area contributed by atoms with E-state index in [1.807, 2.05) is 44.2 Å². The van der Waals surface area contributed by atoms with Crippen molar-refractivity contribution < 1.29 is 27.9 Å². The Balaban J connectivity index is 1.62. The molecule has 43 heavy (non-hydrogen) atoms. The van der Waals surface area contributed by atoms with Gasteiger partial charge in [-0.3, -0.25) is 4.90 Å². The zero-order chi connectivity index (χ0) is 31.4. The van der Waals surface area contributed by atoms with E-state index in [1.165, 1.54) is 17.4 Å². The molecule has 1 fully saturated rings. The first-order chi connectivity index (χ1) is 20.2. The van der Waals surface area contributed by atoms with E-state index in [2.05, 4.69) is 15.0 Å². The van der Waals surface area contributed by atoms with Gasteiger partial charge in [0.15, 0.2) is 0 Å². The number of carbonyl (C=O) groups excluding carboxylic acids is 1. The Bertz CT molecular complexity index is 1530. The van der Waals surface area contributed by atoms with Crippen LogP contribution in [0.3, 0.4) is 0 Å². The van der Waals surface area contributed by atoms with E-state index in [0.717, 1.165) is 41.2 Å². The predicted molar refractivity (Wildman–Crippen MR) is 168 cm³/mol. The molecule has 0 saturated heterocycles. The zero-order valence-electron chi connectivity index (χ0n) is 25.2. The number of sulfonamides is 1. The average molecular weight is 629 g/mol. The van der Waals surface area contributed by atoms with Gasteiger partial charge in [0.1, 0.15) is 0 Å². The third-order valence-electron chi connectivity index (χ3n) is 6.95. The number of anilines is 1. The van der Waals surface area contributed by atoms with Crippen molar-refractivity contribution in [3.8, 4) is 10.4 Å². The van der Waals surface area contributed by atoms with Crippen molar-refractivity contribution in [3.63, 3.8) is 0 Å². The summed E-state index contributed by atoms with van der Waals surface area (Å²) in [7, 11) is -4.04. The van der Waals surface area contributed by atoms with Gasteiger partial charge < -0.3 is 15.2 Å². The van der Waals surface area contributed by atoms with Gasteiger partial charge in [0, 0.05) is 34.9 Å². The molecule has 1 aromatic heterocycles. The second kappa shape index (κ2) is 13.4. The fraction of sp³-hybridized carbons (Fsp3) is 0.452. The molecule has 1 saturated carbocycles. The van der Waals surface area contributed by atoms with Gasteiger partial charge in [-0.2, -0.15) is 0 Å². The van der Waals surface area contributed by atoms with Crippen LogP contribution in [0.5, 0.6) is 0 Å². The van der Waals surface area contributed by atoms with Crippen LogP contribution in [0, 0.1) is 0 Å². The second-order valence-corrected chi connectivity index (χ2v) is 14.8. The largest absolute Gasteiger partial charge is 0.465 e. The molecule has 1 aliphatic carbocycles. The smallest absolute Gasteiger partial charge is 0.412 e. The first-order valence-electron chi connectivity index (χ1n) is 14.4. The first-order valence-corrected chi connectivity index (χ1v) is 16.7. The Hall–Kier alpha value is -3.48. The highest BCUT2D eigenvalue weighted by Gasteiger charge is 2.30. The zero-order valence-corrected chi connectivity index (χ0v) is 26.8. The molecule has 10 nitrogen and oxygen atoms in total. The van der Waals surface area contributed by atoms with E-state index in [1.54, 1.807) is 39.1 Å². The Morgan fingerprint density at radius 1 is 1.09 bits per heavy atom. The molecule has 1 heterocycles. The molecule has 12 heteroatoms. The van der Waals surface area contributed by atoms with Crippen molar-refractivity contribution in [1.82, 2.24) is 15.0 Å². The van der Waals surface area contributed by atoms with Gasteiger partial charge in [-0.25, -0.2) is 27.7 Å². The van der Waals surface area contributed by atoms with Gasteiger partial charge in [0.2, 0.25) is 10.0 Å². The maximum Gasteiger partial charge on any atom is 0.412 e. The molecule has 232 valence electrons. The van der Waals surface area contributed by atoms with Crippen LogP contribution in [0.4, 0.5) is 15.3 Å². The van der Waals surface area contributed by atoms with Gasteiger partial charge in [0.25, 0.3) is 0 Å². The van der Waals surface area contributed by atoms with Crippen molar-refractivity contribution in [2.45, 2.75) is 95.3 Å². The van der Waals surface area contributed by atoms with E-state index < -0.39 is 27.7 Å². The van der Waals surface area contributed by atoms with Gasteiger partial charge in [-0.05, 0) is 78.0 Å². The number of nitrogens with one attached hydrogen (secondary N) is 2. The second-order valence-electron chi connectivity index (χ2n) is 12.1. The minimum Gasteiger partial charge on any atom is -0.465 e. The summed E-state index contributed by atoms with van der Waals surface area (Å²) in [6.45, 7) is 8.96. The number of ether oxygens (including phenoxy) is 1. The lowest BCUT2D eigenvalue weighted by Crippen LogP contribution is -2.40. The van der Waals surface area contributed by atoms with E-state index in [4.69, 9.17) is 4.74 Å². The lowest BCUT2D eigenvalue weighted by atomic mass is 9.86. The molecular formula is C31H40N4O6S2. The van der Waals surface area contributed by atoms with Crippen LogP contribution in [-0.2, 0) is 21.3 Å². The van der Waals surface area contributed by atoms with E-state index in [9.17, 15) is 23.1 Å². The molecule has 0 atom stereocenters. The fourth-order valence-corrected chi connectivity index (χ4v) is 7.95. The minimum atomic E-state index is -4.04. The van der Waals surface area contributed by atoms with E-state index >= 15 is 0 Å². The Morgan fingerprint density at radius 3 is 2.37 bits per heavy atom. The molecule has 0 aliphatic heterocycles. The van der Waals surface area contributed by atoms with Crippen LogP contribution in [0.2, 0.25) is 0 Å². The fourth-order valence-electron chi connectivity index (χ4n) is 5.10. The number of thiazole rings is 1.